The van der Waals surface area contributed by atoms with Gasteiger partial charge in [0.25, 0.3) is 0 Å². The van der Waals surface area contributed by atoms with Crippen molar-refractivity contribution in [3.05, 3.63) is 82.9 Å². The minimum atomic E-state index is -0.983. The van der Waals surface area contributed by atoms with Crippen molar-refractivity contribution in [3.63, 3.8) is 0 Å². The summed E-state index contributed by atoms with van der Waals surface area (Å²) in [6.07, 6.45) is 3.21. The number of nitriles is 1. The number of carbonyl (C=O) groups is 1. The summed E-state index contributed by atoms with van der Waals surface area (Å²) in [5, 5.41) is 18.4. The van der Waals surface area contributed by atoms with E-state index in [0.717, 1.165) is 42.1 Å². The lowest BCUT2D eigenvalue weighted by Gasteiger charge is -2.32. The third-order valence-corrected chi connectivity index (χ3v) is 7.76. The van der Waals surface area contributed by atoms with Gasteiger partial charge in [-0.25, -0.2) is 18.6 Å². The Balaban J connectivity index is 1.08. The molecule has 2 saturated heterocycles. The van der Waals surface area contributed by atoms with Crippen LogP contribution in [0.5, 0.6) is 11.5 Å². The van der Waals surface area contributed by atoms with Crippen molar-refractivity contribution in [1.82, 2.24) is 19.4 Å². The normalized spacial score (nSPS) is 17.4. The molecule has 0 radical (unpaired) electrons. The Morgan fingerprint density at radius 1 is 1.09 bits per heavy atom. The smallest absolute Gasteiger partial charge is 0.335 e. The fraction of sp³-hybridized carbons (Fsp3) is 0.355. The maximum atomic E-state index is 14.6. The van der Waals surface area contributed by atoms with Crippen LogP contribution in [0.3, 0.4) is 0 Å². The van der Waals surface area contributed by atoms with Gasteiger partial charge in [0.1, 0.15) is 18.5 Å². The van der Waals surface area contributed by atoms with Crippen molar-refractivity contribution >= 4 is 17.0 Å². The lowest BCUT2D eigenvalue weighted by molar-refractivity contribution is -0.0592. The molecule has 0 saturated carbocycles. The van der Waals surface area contributed by atoms with E-state index in [1.165, 1.54) is 18.2 Å². The zero-order valence-electron chi connectivity index (χ0n) is 23.2. The predicted octanol–water partition coefficient (Wildman–Crippen LogP) is 4.69. The molecule has 222 valence electrons. The number of fused-ring (bicyclic) bond motifs is 1. The molecule has 1 atom stereocenters. The molecule has 2 aromatic heterocycles. The summed E-state index contributed by atoms with van der Waals surface area (Å²) in [6, 6.07) is 12.2. The van der Waals surface area contributed by atoms with Crippen molar-refractivity contribution in [2.45, 2.75) is 51.2 Å². The number of benzene rings is 2. The van der Waals surface area contributed by atoms with Crippen LogP contribution in [-0.4, -0.2) is 62.4 Å². The lowest BCUT2D eigenvalue weighted by Crippen LogP contribution is -2.39. The SMILES string of the molecule is N#Cc1ccc(OCc2cc(OC3CCN(Cc4nc5ccc(C(=O)O)cc5n4CC4CCO4)CC3)c(F)cn2)c(F)c1. The molecule has 4 aromatic rings. The Morgan fingerprint density at radius 2 is 1.91 bits per heavy atom. The number of nitrogens with zero attached hydrogens (tertiary/aromatic N) is 5. The van der Waals surface area contributed by atoms with E-state index in [4.69, 9.17) is 24.5 Å². The predicted molar refractivity (Wildman–Crippen MR) is 150 cm³/mol. The number of halogens is 2. The zero-order chi connectivity index (χ0) is 29.9. The Labute approximate surface area is 246 Å². The molecule has 2 aliphatic heterocycles. The molecule has 43 heavy (non-hydrogen) atoms. The average molecular weight is 590 g/mol. The van der Waals surface area contributed by atoms with E-state index in [0.29, 0.717) is 44.7 Å². The quantitative estimate of drug-likeness (QED) is 0.281. The van der Waals surface area contributed by atoms with Gasteiger partial charge < -0.3 is 23.9 Å². The first kappa shape index (κ1) is 28.5. The molecule has 1 N–H and O–H groups in total. The van der Waals surface area contributed by atoms with Crippen molar-refractivity contribution in [3.8, 4) is 17.6 Å². The number of rotatable bonds is 10. The second-order valence-corrected chi connectivity index (χ2v) is 10.7. The molecule has 0 bridgehead atoms. The molecule has 0 aliphatic carbocycles. The second-order valence-electron chi connectivity index (χ2n) is 10.7. The number of hydrogen-bond acceptors (Lipinski definition) is 8. The van der Waals surface area contributed by atoms with E-state index in [9.17, 15) is 18.7 Å². The van der Waals surface area contributed by atoms with Crippen LogP contribution in [0.2, 0.25) is 0 Å². The van der Waals surface area contributed by atoms with E-state index in [1.807, 2.05) is 6.07 Å². The van der Waals surface area contributed by atoms with Crippen LogP contribution in [0.1, 0.15) is 46.7 Å². The summed E-state index contributed by atoms with van der Waals surface area (Å²) in [4.78, 5) is 22.7. The standard InChI is InChI=1S/C31H29F2N5O5/c32-24-11-19(14-34)1-4-28(24)42-18-21-13-29(25(33)15-35-21)43-22-5-8-37(9-6-22)17-30-36-26-3-2-20(31(39)40)12-27(26)38(30)16-23-7-10-41-23/h1-4,11-13,15,22-23H,5-10,16-18H2,(H,39,40). The van der Waals surface area contributed by atoms with Crippen LogP contribution in [0.25, 0.3) is 11.0 Å². The molecule has 2 fully saturated rings. The molecule has 2 aromatic carbocycles. The van der Waals surface area contributed by atoms with Crippen molar-refractivity contribution < 1.29 is 32.9 Å². The summed E-state index contributed by atoms with van der Waals surface area (Å²) < 4.78 is 47.9. The third-order valence-electron chi connectivity index (χ3n) is 7.76. The van der Waals surface area contributed by atoms with Crippen LogP contribution < -0.4 is 9.47 Å². The molecule has 0 spiro atoms. The van der Waals surface area contributed by atoms with Gasteiger partial charge in [0.05, 0.1) is 59.3 Å². The number of piperidine rings is 1. The van der Waals surface area contributed by atoms with Gasteiger partial charge in [0.2, 0.25) is 0 Å². The van der Waals surface area contributed by atoms with Gasteiger partial charge in [-0.1, -0.05) is 0 Å². The maximum absolute atomic E-state index is 14.6. The van der Waals surface area contributed by atoms with Gasteiger partial charge in [-0.15, -0.1) is 0 Å². The summed E-state index contributed by atoms with van der Waals surface area (Å²) in [5.41, 5.74) is 2.29. The number of pyridine rings is 1. The van der Waals surface area contributed by atoms with E-state index >= 15 is 0 Å². The zero-order valence-corrected chi connectivity index (χ0v) is 23.2. The minimum absolute atomic E-state index is 0.0315. The molecular formula is C31H29F2N5O5. The van der Waals surface area contributed by atoms with Gasteiger partial charge in [-0.3, -0.25) is 9.88 Å². The third kappa shape index (κ3) is 6.43. The van der Waals surface area contributed by atoms with Gasteiger partial charge in [-0.2, -0.15) is 5.26 Å². The molecule has 10 nitrogen and oxygen atoms in total. The first-order valence-corrected chi connectivity index (χ1v) is 14.1. The highest BCUT2D eigenvalue weighted by atomic mass is 19.1. The summed E-state index contributed by atoms with van der Waals surface area (Å²) in [7, 11) is 0. The number of ether oxygens (including phenoxy) is 3. The fourth-order valence-corrected chi connectivity index (χ4v) is 5.30. The van der Waals surface area contributed by atoms with E-state index < -0.39 is 17.6 Å². The lowest BCUT2D eigenvalue weighted by atomic mass is 10.1. The topological polar surface area (TPSA) is 123 Å². The number of aromatic carboxylic acids is 1. The first-order chi connectivity index (χ1) is 20.9. The van der Waals surface area contributed by atoms with E-state index in [1.54, 1.807) is 18.2 Å². The van der Waals surface area contributed by atoms with Crippen LogP contribution in [0.15, 0.2) is 48.7 Å². The Bertz CT molecular complexity index is 1690. The number of likely N-dealkylation sites (tertiary alicyclic amines) is 1. The highest BCUT2D eigenvalue weighted by Crippen LogP contribution is 2.27. The molecular weight excluding hydrogens is 560 g/mol. The van der Waals surface area contributed by atoms with Gasteiger partial charge >= 0.3 is 5.97 Å². The Morgan fingerprint density at radius 3 is 2.60 bits per heavy atom. The van der Waals surface area contributed by atoms with Gasteiger partial charge in [0.15, 0.2) is 23.1 Å². The molecule has 1 unspecified atom stereocenters. The van der Waals surface area contributed by atoms with Crippen molar-refractivity contribution in [2.24, 2.45) is 0 Å². The fourth-order valence-electron chi connectivity index (χ4n) is 5.30. The Kier molecular flexibility index (Phi) is 8.18. The Hall–Kier alpha value is -4.60. The van der Waals surface area contributed by atoms with Gasteiger partial charge in [0, 0.05) is 25.8 Å². The summed E-state index contributed by atoms with van der Waals surface area (Å²) in [6.45, 7) is 3.22. The maximum Gasteiger partial charge on any atom is 0.335 e. The summed E-state index contributed by atoms with van der Waals surface area (Å²) >= 11 is 0. The summed E-state index contributed by atoms with van der Waals surface area (Å²) in [5.74, 6) is -1.37. The van der Waals surface area contributed by atoms with Crippen molar-refractivity contribution in [1.29, 1.82) is 5.26 Å². The highest BCUT2D eigenvalue weighted by molar-refractivity contribution is 5.92. The second kappa shape index (κ2) is 12.3. The van der Waals surface area contributed by atoms with E-state index in [2.05, 4.69) is 14.5 Å². The molecule has 4 heterocycles. The molecule has 0 amide bonds. The van der Waals surface area contributed by atoms with Crippen LogP contribution in [0, 0.1) is 23.0 Å². The highest BCUT2D eigenvalue weighted by Gasteiger charge is 2.26. The molecule has 6 rings (SSSR count). The largest absolute Gasteiger partial charge is 0.487 e. The molecule has 12 heteroatoms. The number of imidazole rings is 1. The van der Waals surface area contributed by atoms with E-state index in [-0.39, 0.29) is 41.4 Å². The van der Waals surface area contributed by atoms with Crippen LogP contribution >= 0.6 is 0 Å². The van der Waals surface area contributed by atoms with Crippen LogP contribution in [-0.2, 0) is 24.4 Å². The number of aromatic nitrogens is 3. The molecule has 2 aliphatic rings. The monoisotopic (exact) mass is 589 g/mol. The minimum Gasteiger partial charge on any atom is -0.487 e. The van der Waals surface area contributed by atoms with Crippen molar-refractivity contribution in [2.75, 3.05) is 19.7 Å². The number of hydrogen-bond donors (Lipinski definition) is 1. The van der Waals surface area contributed by atoms with Gasteiger partial charge in [-0.05, 0) is 55.7 Å². The van der Waals surface area contributed by atoms with Crippen LogP contribution in [0.4, 0.5) is 8.78 Å². The first-order valence-electron chi connectivity index (χ1n) is 14.1. The number of carboxylic acid groups (broad SMARTS) is 1. The number of carboxylic acids is 1. The average Bonchev–Trinajstić information content (AvgIpc) is 3.32.